The van der Waals surface area contributed by atoms with Gasteiger partial charge in [-0.2, -0.15) is 15.0 Å². The van der Waals surface area contributed by atoms with Gasteiger partial charge in [0.1, 0.15) is 17.3 Å². The maximum atomic E-state index is 9.31. The summed E-state index contributed by atoms with van der Waals surface area (Å²) >= 11 is 0. The molecule has 130 valence electrons. The normalized spacial score (nSPS) is 10.7. The number of anilines is 2. The molecule has 0 atom stereocenters. The highest BCUT2D eigenvalue weighted by Gasteiger charge is 2.14. The second-order valence-electron chi connectivity index (χ2n) is 5.50. The number of hydrogen-bond acceptors (Lipinski definition) is 8. The fourth-order valence-electron chi connectivity index (χ4n) is 2.25. The fourth-order valence-corrected chi connectivity index (χ4v) is 2.25. The van der Waals surface area contributed by atoms with Crippen LogP contribution in [0.2, 0.25) is 0 Å². The van der Waals surface area contributed by atoms with Crippen molar-refractivity contribution in [2.75, 3.05) is 31.4 Å². The molecule has 3 aromatic rings. The molecule has 0 aliphatic carbocycles. The lowest BCUT2D eigenvalue weighted by Gasteiger charge is -2.14. The van der Waals surface area contributed by atoms with Gasteiger partial charge in [-0.05, 0) is 24.3 Å². The average molecular weight is 347 g/mol. The standard InChI is InChI=1S/C17H17N9/c1-19-15-9-13(25(2)3)5-6-14(15)23-24-16-12(10-18)11-22-26(16)17-20-7-4-8-21-17/h4-9,11,19H,1-3H3. The van der Waals surface area contributed by atoms with E-state index in [4.69, 9.17) is 0 Å². The Bertz CT molecular complexity index is 968. The quantitative estimate of drug-likeness (QED) is 0.711. The largest absolute Gasteiger partial charge is 0.386 e. The second kappa shape index (κ2) is 7.40. The lowest BCUT2D eigenvalue weighted by molar-refractivity contribution is 0.803. The molecule has 0 fully saturated rings. The predicted molar refractivity (Wildman–Crippen MR) is 98.4 cm³/mol. The Morgan fingerprint density at radius 3 is 2.62 bits per heavy atom. The Kier molecular flexibility index (Phi) is 4.85. The van der Waals surface area contributed by atoms with Crippen molar-refractivity contribution in [1.29, 1.82) is 5.26 Å². The minimum atomic E-state index is 0.275. The van der Waals surface area contributed by atoms with Crippen molar-refractivity contribution in [3.05, 3.63) is 48.4 Å². The van der Waals surface area contributed by atoms with Crippen LogP contribution in [0, 0.1) is 11.3 Å². The highest BCUT2D eigenvalue weighted by atomic mass is 15.4. The minimum Gasteiger partial charge on any atom is -0.386 e. The number of rotatable bonds is 5. The summed E-state index contributed by atoms with van der Waals surface area (Å²) in [5.41, 5.74) is 2.79. The van der Waals surface area contributed by atoms with E-state index >= 15 is 0 Å². The molecule has 0 saturated heterocycles. The molecule has 1 N–H and O–H groups in total. The van der Waals surface area contributed by atoms with E-state index in [0.29, 0.717) is 11.6 Å². The van der Waals surface area contributed by atoms with Crippen molar-refractivity contribution in [2.45, 2.75) is 0 Å². The number of hydrogen-bond donors (Lipinski definition) is 1. The molecule has 9 heteroatoms. The molecule has 2 aromatic heterocycles. The maximum Gasteiger partial charge on any atom is 0.252 e. The van der Waals surface area contributed by atoms with Gasteiger partial charge >= 0.3 is 0 Å². The number of azo groups is 1. The van der Waals surface area contributed by atoms with Gasteiger partial charge in [-0.3, -0.25) is 0 Å². The monoisotopic (exact) mass is 347 g/mol. The Labute approximate surface area is 150 Å². The van der Waals surface area contributed by atoms with Gasteiger partial charge in [0, 0.05) is 39.2 Å². The van der Waals surface area contributed by atoms with Crippen molar-refractivity contribution >= 4 is 22.9 Å². The van der Waals surface area contributed by atoms with E-state index < -0.39 is 0 Å². The third-order valence-electron chi connectivity index (χ3n) is 3.62. The topological polar surface area (TPSA) is 107 Å². The molecule has 0 bridgehead atoms. The number of nitrogens with one attached hydrogen (secondary N) is 1. The number of benzene rings is 1. The van der Waals surface area contributed by atoms with E-state index in [2.05, 4.69) is 36.7 Å². The van der Waals surface area contributed by atoms with Crippen LogP contribution in [0.3, 0.4) is 0 Å². The molecular formula is C17H17N9. The smallest absolute Gasteiger partial charge is 0.252 e. The first-order valence-corrected chi connectivity index (χ1v) is 7.80. The highest BCUT2D eigenvalue weighted by Crippen LogP contribution is 2.31. The summed E-state index contributed by atoms with van der Waals surface area (Å²) in [6, 6.07) is 9.53. The first-order chi connectivity index (χ1) is 12.6. The molecule has 26 heavy (non-hydrogen) atoms. The third-order valence-corrected chi connectivity index (χ3v) is 3.62. The summed E-state index contributed by atoms with van der Waals surface area (Å²) < 4.78 is 1.38. The van der Waals surface area contributed by atoms with E-state index in [0.717, 1.165) is 11.4 Å². The molecule has 0 radical (unpaired) electrons. The van der Waals surface area contributed by atoms with Crippen molar-refractivity contribution in [1.82, 2.24) is 19.7 Å². The predicted octanol–water partition coefficient (Wildman–Crippen LogP) is 3.06. The first-order valence-electron chi connectivity index (χ1n) is 7.80. The zero-order chi connectivity index (χ0) is 18.5. The van der Waals surface area contributed by atoms with Crippen LogP contribution in [-0.4, -0.2) is 40.9 Å². The molecule has 0 aliphatic rings. The van der Waals surface area contributed by atoms with Gasteiger partial charge < -0.3 is 10.2 Å². The molecule has 0 amide bonds. The minimum absolute atomic E-state index is 0.275. The molecule has 1 aromatic carbocycles. The maximum absolute atomic E-state index is 9.31. The van der Waals surface area contributed by atoms with Crippen molar-refractivity contribution in [3.8, 4) is 12.0 Å². The van der Waals surface area contributed by atoms with Gasteiger partial charge in [0.25, 0.3) is 5.95 Å². The van der Waals surface area contributed by atoms with E-state index in [1.807, 2.05) is 44.2 Å². The Balaban J connectivity index is 2.02. The van der Waals surface area contributed by atoms with E-state index in [9.17, 15) is 5.26 Å². The Hall–Kier alpha value is -3.80. The van der Waals surface area contributed by atoms with Crippen LogP contribution in [0.15, 0.2) is 53.1 Å². The number of nitrogens with zero attached hydrogens (tertiary/aromatic N) is 8. The summed E-state index contributed by atoms with van der Waals surface area (Å²) in [6.07, 6.45) is 4.60. The fraction of sp³-hybridized carbons (Fsp3) is 0.176. The van der Waals surface area contributed by atoms with E-state index in [1.165, 1.54) is 10.9 Å². The van der Waals surface area contributed by atoms with Crippen LogP contribution in [0.25, 0.3) is 5.95 Å². The molecule has 0 spiro atoms. The molecule has 2 heterocycles. The molecule has 0 unspecified atom stereocenters. The first kappa shape index (κ1) is 17.0. The molecule has 3 rings (SSSR count). The van der Waals surface area contributed by atoms with Crippen LogP contribution in [0.5, 0.6) is 0 Å². The van der Waals surface area contributed by atoms with Gasteiger partial charge in [0.2, 0.25) is 0 Å². The number of aromatic nitrogens is 4. The van der Waals surface area contributed by atoms with Crippen LogP contribution in [0.1, 0.15) is 5.56 Å². The average Bonchev–Trinajstić information content (AvgIpc) is 3.09. The second-order valence-corrected chi connectivity index (χ2v) is 5.50. The molecule has 0 saturated carbocycles. The summed E-state index contributed by atoms with van der Waals surface area (Å²) in [7, 11) is 5.75. The van der Waals surface area contributed by atoms with Gasteiger partial charge in [-0.25, -0.2) is 9.97 Å². The number of nitriles is 1. The lowest BCUT2D eigenvalue weighted by Crippen LogP contribution is -2.08. The molecular weight excluding hydrogens is 330 g/mol. The highest BCUT2D eigenvalue weighted by molar-refractivity contribution is 5.71. The van der Waals surface area contributed by atoms with Crippen molar-refractivity contribution in [3.63, 3.8) is 0 Å². The third kappa shape index (κ3) is 3.34. The van der Waals surface area contributed by atoms with E-state index in [1.54, 1.807) is 18.5 Å². The SMILES string of the molecule is CNc1cc(N(C)C)ccc1N=Nc1c(C#N)cnn1-c1ncccn1. The Morgan fingerprint density at radius 1 is 1.19 bits per heavy atom. The van der Waals surface area contributed by atoms with Crippen LogP contribution in [0.4, 0.5) is 22.9 Å². The summed E-state index contributed by atoms with van der Waals surface area (Å²) in [5.74, 6) is 0.595. The van der Waals surface area contributed by atoms with Gasteiger partial charge in [0.15, 0.2) is 5.82 Å². The summed E-state index contributed by atoms with van der Waals surface area (Å²) in [4.78, 5) is 10.3. The van der Waals surface area contributed by atoms with Crippen LogP contribution >= 0.6 is 0 Å². The molecule has 9 nitrogen and oxygen atoms in total. The van der Waals surface area contributed by atoms with Crippen LogP contribution in [-0.2, 0) is 0 Å². The zero-order valence-electron chi connectivity index (χ0n) is 14.6. The zero-order valence-corrected chi connectivity index (χ0v) is 14.6. The van der Waals surface area contributed by atoms with Crippen molar-refractivity contribution in [2.24, 2.45) is 10.2 Å². The Morgan fingerprint density at radius 2 is 1.96 bits per heavy atom. The lowest BCUT2D eigenvalue weighted by atomic mass is 10.2. The van der Waals surface area contributed by atoms with Crippen LogP contribution < -0.4 is 10.2 Å². The van der Waals surface area contributed by atoms with E-state index in [-0.39, 0.29) is 11.4 Å². The van der Waals surface area contributed by atoms with Gasteiger partial charge in [-0.15, -0.1) is 10.2 Å². The van der Waals surface area contributed by atoms with Gasteiger partial charge in [-0.1, -0.05) is 0 Å². The summed E-state index contributed by atoms with van der Waals surface area (Å²) in [5, 5.41) is 25.1. The summed E-state index contributed by atoms with van der Waals surface area (Å²) in [6.45, 7) is 0. The van der Waals surface area contributed by atoms with Gasteiger partial charge in [0.05, 0.1) is 11.9 Å². The molecule has 0 aliphatic heterocycles. The van der Waals surface area contributed by atoms with Crippen molar-refractivity contribution < 1.29 is 0 Å².